The minimum Gasteiger partial charge on any atom is -0.360 e. The number of hydrogen-bond donors (Lipinski definition) is 1. The third kappa shape index (κ3) is 4.69. The number of amides is 1. The van der Waals surface area contributed by atoms with Gasteiger partial charge in [0.15, 0.2) is 5.76 Å². The fourth-order valence-corrected chi connectivity index (χ4v) is 1.97. The maximum atomic E-state index is 12.2. The molecule has 0 radical (unpaired) electrons. The Morgan fingerprint density at radius 2 is 2.00 bits per heavy atom. The predicted octanol–water partition coefficient (Wildman–Crippen LogP) is 3.66. The van der Waals surface area contributed by atoms with Crippen LogP contribution < -0.4 is 5.32 Å². The second-order valence-corrected chi connectivity index (χ2v) is 6.58. The molecular weight excluding hydrogens is 240 g/mol. The Morgan fingerprint density at radius 3 is 2.53 bits per heavy atom. The van der Waals surface area contributed by atoms with Crippen LogP contribution in [0.5, 0.6) is 0 Å². The van der Waals surface area contributed by atoms with E-state index < -0.39 is 0 Å². The van der Waals surface area contributed by atoms with E-state index in [0.717, 1.165) is 12.8 Å². The van der Waals surface area contributed by atoms with Crippen LogP contribution >= 0.6 is 0 Å². The van der Waals surface area contributed by atoms with E-state index in [4.69, 9.17) is 4.52 Å². The third-order valence-electron chi connectivity index (χ3n) is 3.03. The molecule has 1 N–H and O–H groups in total. The molecule has 19 heavy (non-hydrogen) atoms. The summed E-state index contributed by atoms with van der Waals surface area (Å²) < 4.78 is 5.23. The van der Waals surface area contributed by atoms with E-state index >= 15 is 0 Å². The lowest BCUT2D eigenvalue weighted by atomic mass is 9.91. The van der Waals surface area contributed by atoms with Gasteiger partial charge in [0, 0.05) is 12.5 Å². The molecule has 0 spiro atoms. The highest BCUT2D eigenvalue weighted by Crippen LogP contribution is 2.22. The van der Waals surface area contributed by atoms with E-state index in [2.05, 4.69) is 31.2 Å². The largest absolute Gasteiger partial charge is 0.360 e. The van der Waals surface area contributed by atoms with Crippen LogP contribution in [0.4, 0.5) is 0 Å². The fraction of sp³-hybridized carbons (Fsp3) is 0.733. The molecule has 108 valence electrons. The van der Waals surface area contributed by atoms with Crippen LogP contribution in [-0.4, -0.2) is 17.6 Å². The van der Waals surface area contributed by atoms with Gasteiger partial charge in [-0.2, -0.15) is 0 Å². The molecule has 4 nitrogen and oxygen atoms in total. The van der Waals surface area contributed by atoms with Crippen LogP contribution in [0.2, 0.25) is 0 Å². The van der Waals surface area contributed by atoms with Gasteiger partial charge in [-0.1, -0.05) is 39.8 Å². The molecule has 0 aromatic carbocycles. The summed E-state index contributed by atoms with van der Waals surface area (Å²) in [6.07, 6.45) is 2.07. The number of aromatic nitrogens is 1. The van der Waals surface area contributed by atoms with Crippen molar-refractivity contribution in [3.8, 4) is 0 Å². The molecule has 0 unspecified atom stereocenters. The topological polar surface area (TPSA) is 55.1 Å². The van der Waals surface area contributed by atoms with Crippen molar-refractivity contribution in [1.29, 1.82) is 0 Å². The summed E-state index contributed by atoms with van der Waals surface area (Å²) in [6.45, 7) is 13.1. The summed E-state index contributed by atoms with van der Waals surface area (Å²) in [7, 11) is 0. The molecule has 1 rings (SSSR count). The Kier molecular flexibility index (Phi) is 5.15. The van der Waals surface area contributed by atoms with Crippen molar-refractivity contribution < 1.29 is 9.32 Å². The van der Waals surface area contributed by atoms with Gasteiger partial charge >= 0.3 is 0 Å². The first-order valence-electron chi connectivity index (χ1n) is 6.96. The van der Waals surface area contributed by atoms with Crippen LogP contribution in [0, 0.1) is 12.3 Å². The molecule has 4 heteroatoms. The average molecular weight is 266 g/mol. The SMILES string of the molecule is Cc1noc(C(C)C)c1C(=O)NCCCC(C)(C)C. The minimum atomic E-state index is -0.0728. The van der Waals surface area contributed by atoms with Crippen LogP contribution in [-0.2, 0) is 0 Å². The highest BCUT2D eigenvalue weighted by molar-refractivity contribution is 5.96. The fourth-order valence-electron chi connectivity index (χ4n) is 1.97. The Labute approximate surface area is 115 Å². The van der Waals surface area contributed by atoms with E-state index in [1.165, 1.54) is 0 Å². The number of hydrogen-bond acceptors (Lipinski definition) is 3. The summed E-state index contributed by atoms with van der Waals surface area (Å²) in [5.74, 6) is 0.763. The van der Waals surface area contributed by atoms with Crippen molar-refractivity contribution >= 4 is 5.91 Å². The first-order chi connectivity index (χ1) is 8.72. The first-order valence-corrected chi connectivity index (χ1v) is 6.96. The van der Waals surface area contributed by atoms with Gasteiger partial charge in [-0.3, -0.25) is 4.79 Å². The zero-order chi connectivity index (χ0) is 14.6. The number of rotatable bonds is 5. The number of nitrogens with zero attached hydrogens (tertiary/aromatic N) is 1. The van der Waals surface area contributed by atoms with Gasteiger partial charge in [-0.25, -0.2) is 0 Å². The Morgan fingerprint density at radius 1 is 1.37 bits per heavy atom. The summed E-state index contributed by atoms with van der Waals surface area (Å²) in [5, 5.41) is 6.85. The summed E-state index contributed by atoms with van der Waals surface area (Å²) in [4.78, 5) is 12.2. The lowest BCUT2D eigenvalue weighted by molar-refractivity contribution is 0.0948. The van der Waals surface area contributed by atoms with Crippen LogP contribution in [0.25, 0.3) is 0 Å². The molecule has 0 bridgehead atoms. The molecule has 0 saturated carbocycles. The highest BCUT2D eigenvalue weighted by atomic mass is 16.5. The minimum absolute atomic E-state index is 0.0728. The Balaban J connectivity index is 2.57. The zero-order valence-electron chi connectivity index (χ0n) is 13.0. The summed E-state index contributed by atoms with van der Waals surface area (Å²) in [5.41, 5.74) is 1.57. The number of carbonyl (C=O) groups is 1. The molecule has 1 amide bonds. The molecule has 0 atom stereocenters. The van der Waals surface area contributed by atoms with Crippen molar-refractivity contribution in [2.75, 3.05) is 6.54 Å². The maximum Gasteiger partial charge on any atom is 0.256 e. The molecule has 0 fully saturated rings. The van der Waals surface area contributed by atoms with Crippen molar-refractivity contribution in [3.63, 3.8) is 0 Å². The van der Waals surface area contributed by atoms with Gasteiger partial charge in [-0.15, -0.1) is 0 Å². The van der Waals surface area contributed by atoms with Crippen LogP contribution in [0.1, 0.15) is 75.2 Å². The summed E-state index contributed by atoms with van der Waals surface area (Å²) >= 11 is 0. The third-order valence-corrected chi connectivity index (χ3v) is 3.03. The van der Waals surface area contributed by atoms with E-state index in [-0.39, 0.29) is 11.8 Å². The van der Waals surface area contributed by atoms with Crippen molar-refractivity contribution in [3.05, 3.63) is 17.0 Å². The van der Waals surface area contributed by atoms with E-state index in [1.54, 1.807) is 6.92 Å². The Hall–Kier alpha value is -1.32. The lowest BCUT2D eigenvalue weighted by Gasteiger charge is -2.17. The highest BCUT2D eigenvalue weighted by Gasteiger charge is 2.22. The molecule has 0 saturated heterocycles. The first kappa shape index (κ1) is 15.7. The van der Waals surface area contributed by atoms with Crippen molar-refractivity contribution in [2.24, 2.45) is 5.41 Å². The predicted molar refractivity (Wildman–Crippen MR) is 76.4 cm³/mol. The van der Waals surface area contributed by atoms with Gasteiger partial charge in [0.25, 0.3) is 5.91 Å². The van der Waals surface area contributed by atoms with E-state index in [0.29, 0.717) is 29.0 Å². The van der Waals surface area contributed by atoms with Crippen molar-refractivity contribution in [1.82, 2.24) is 10.5 Å². The molecule has 0 aliphatic heterocycles. The van der Waals surface area contributed by atoms with Gasteiger partial charge in [0.2, 0.25) is 0 Å². The standard InChI is InChI=1S/C15H26N2O2/c1-10(2)13-12(11(3)17-19-13)14(18)16-9-7-8-15(4,5)6/h10H,7-9H2,1-6H3,(H,16,18). The van der Waals surface area contributed by atoms with E-state index in [9.17, 15) is 4.79 Å². The smallest absolute Gasteiger partial charge is 0.256 e. The molecule has 0 aliphatic rings. The molecule has 0 aliphatic carbocycles. The molecular formula is C15H26N2O2. The maximum absolute atomic E-state index is 12.2. The van der Waals surface area contributed by atoms with Gasteiger partial charge in [0.05, 0.1) is 5.69 Å². The van der Waals surface area contributed by atoms with Gasteiger partial charge in [-0.05, 0) is 25.2 Å². The number of nitrogens with one attached hydrogen (secondary N) is 1. The molecule has 1 aromatic rings. The van der Waals surface area contributed by atoms with Gasteiger partial charge in [0.1, 0.15) is 5.56 Å². The van der Waals surface area contributed by atoms with Crippen LogP contribution in [0.15, 0.2) is 4.52 Å². The molecule has 1 aromatic heterocycles. The number of carbonyl (C=O) groups excluding carboxylic acids is 1. The summed E-state index contributed by atoms with van der Waals surface area (Å²) in [6, 6.07) is 0. The monoisotopic (exact) mass is 266 g/mol. The van der Waals surface area contributed by atoms with Gasteiger partial charge < -0.3 is 9.84 Å². The quantitative estimate of drug-likeness (QED) is 0.827. The lowest BCUT2D eigenvalue weighted by Crippen LogP contribution is -2.26. The van der Waals surface area contributed by atoms with Crippen LogP contribution in [0.3, 0.4) is 0 Å². The van der Waals surface area contributed by atoms with Crippen molar-refractivity contribution in [2.45, 2.75) is 60.3 Å². The van der Waals surface area contributed by atoms with E-state index in [1.807, 2.05) is 13.8 Å². The normalized spacial score (nSPS) is 11.9. The Bertz CT molecular complexity index is 428. The second kappa shape index (κ2) is 6.22. The molecule has 1 heterocycles. The second-order valence-electron chi connectivity index (χ2n) is 6.58. The average Bonchev–Trinajstić information content (AvgIpc) is 2.65. The zero-order valence-corrected chi connectivity index (χ0v) is 13.0. The number of aryl methyl sites for hydroxylation is 1.